The molecule has 1 rings (SSSR count). The van der Waals surface area contributed by atoms with E-state index in [1.807, 2.05) is 45.0 Å². The highest BCUT2D eigenvalue weighted by Gasteiger charge is 2.07. The van der Waals surface area contributed by atoms with Gasteiger partial charge in [-0.15, -0.1) is 0 Å². The standard InChI is InChI=1S/C12H16O3.C4H10O/c1-9-3-5-11(6-4-9)7-12(14)8-15-10(2)13;1-3-5-4-2/h3-6,12,14H,7-8H2,1-2H3;3-4H2,1-2H3. The van der Waals surface area contributed by atoms with Crippen molar-refractivity contribution < 1.29 is 19.4 Å². The molecule has 0 aliphatic carbocycles. The van der Waals surface area contributed by atoms with Crippen LogP contribution in [0.2, 0.25) is 0 Å². The van der Waals surface area contributed by atoms with Gasteiger partial charge in [0.1, 0.15) is 6.61 Å². The normalized spacial score (nSPS) is 11.2. The third-order valence-corrected chi connectivity index (χ3v) is 2.48. The molecule has 114 valence electrons. The Bertz CT molecular complexity index is 357. The predicted molar refractivity (Wildman–Crippen MR) is 79.7 cm³/mol. The second kappa shape index (κ2) is 11.4. The molecule has 1 N–H and O–H groups in total. The topological polar surface area (TPSA) is 55.8 Å². The van der Waals surface area contributed by atoms with Crippen LogP contribution in [-0.2, 0) is 20.7 Å². The van der Waals surface area contributed by atoms with Gasteiger partial charge in [-0.05, 0) is 26.3 Å². The molecule has 0 fully saturated rings. The van der Waals surface area contributed by atoms with Crippen LogP contribution in [0.15, 0.2) is 24.3 Å². The van der Waals surface area contributed by atoms with E-state index in [0.717, 1.165) is 18.8 Å². The molecule has 0 amide bonds. The first kappa shape index (κ1) is 18.6. The Kier molecular flexibility index (Phi) is 10.6. The van der Waals surface area contributed by atoms with Gasteiger partial charge in [-0.2, -0.15) is 0 Å². The molecule has 0 heterocycles. The fraction of sp³-hybridized carbons (Fsp3) is 0.562. The Morgan fingerprint density at radius 3 is 2.15 bits per heavy atom. The zero-order chi connectivity index (χ0) is 15.4. The number of esters is 1. The van der Waals surface area contributed by atoms with E-state index < -0.39 is 6.10 Å². The monoisotopic (exact) mass is 282 g/mol. The lowest BCUT2D eigenvalue weighted by Gasteiger charge is -2.10. The molecule has 0 aliphatic rings. The Morgan fingerprint density at radius 2 is 1.75 bits per heavy atom. The SMILES string of the molecule is CC(=O)OCC(O)Cc1ccc(C)cc1.CCOCC. The van der Waals surface area contributed by atoms with E-state index in [9.17, 15) is 9.90 Å². The van der Waals surface area contributed by atoms with Gasteiger partial charge in [0.15, 0.2) is 0 Å². The van der Waals surface area contributed by atoms with Crippen molar-refractivity contribution in [3.63, 3.8) is 0 Å². The summed E-state index contributed by atoms with van der Waals surface area (Å²) in [7, 11) is 0. The first-order valence-electron chi connectivity index (χ1n) is 6.94. The first-order valence-corrected chi connectivity index (χ1v) is 6.94. The van der Waals surface area contributed by atoms with Crippen molar-refractivity contribution in [2.75, 3.05) is 19.8 Å². The van der Waals surface area contributed by atoms with Crippen molar-refractivity contribution in [2.45, 2.75) is 40.2 Å². The van der Waals surface area contributed by atoms with E-state index in [1.54, 1.807) is 0 Å². The Labute approximate surface area is 121 Å². The minimum absolute atomic E-state index is 0.0587. The number of carbonyl (C=O) groups is 1. The van der Waals surface area contributed by atoms with E-state index in [0.29, 0.717) is 6.42 Å². The summed E-state index contributed by atoms with van der Waals surface area (Å²) in [5.74, 6) is -0.363. The van der Waals surface area contributed by atoms with Crippen LogP contribution < -0.4 is 0 Å². The van der Waals surface area contributed by atoms with Crippen molar-refractivity contribution in [3.05, 3.63) is 35.4 Å². The average Bonchev–Trinajstić information content (AvgIpc) is 2.41. The number of aryl methyl sites for hydroxylation is 1. The fourth-order valence-electron chi connectivity index (χ4n) is 1.47. The maximum absolute atomic E-state index is 10.5. The van der Waals surface area contributed by atoms with E-state index in [4.69, 9.17) is 9.47 Å². The number of ether oxygens (including phenoxy) is 2. The third kappa shape index (κ3) is 10.5. The van der Waals surface area contributed by atoms with Crippen LogP contribution in [0.4, 0.5) is 0 Å². The molecule has 0 saturated carbocycles. The smallest absolute Gasteiger partial charge is 0.302 e. The van der Waals surface area contributed by atoms with Gasteiger partial charge < -0.3 is 14.6 Å². The summed E-state index contributed by atoms with van der Waals surface area (Å²) in [6.07, 6.45) is -0.121. The number of hydrogen-bond acceptors (Lipinski definition) is 4. The van der Waals surface area contributed by atoms with Crippen LogP contribution >= 0.6 is 0 Å². The highest BCUT2D eigenvalue weighted by atomic mass is 16.5. The first-order chi connectivity index (χ1) is 9.49. The largest absolute Gasteiger partial charge is 0.463 e. The van der Waals surface area contributed by atoms with Crippen molar-refractivity contribution in [3.8, 4) is 0 Å². The van der Waals surface area contributed by atoms with Gasteiger partial charge in [-0.25, -0.2) is 0 Å². The molecular weight excluding hydrogens is 256 g/mol. The second-order valence-electron chi connectivity index (χ2n) is 4.43. The number of rotatable bonds is 6. The summed E-state index contributed by atoms with van der Waals surface area (Å²) in [6, 6.07) is 7.92. The number of benzene rings is 1. The molecule has 1 atom stereocenters. The molecule has 1 aromatic rings. The summed E-state index contributed by atoms with van der Waals surface area (Å²) < 4.78 is 9.54. The molecule has 20 heavy (non-hydrogen) atoms. The Balaban J connectivity index is 0.000000621. The molecule has 4 heteroatoms. The lowest BCUT2D eigenvalue weighted by molar-refractivity contribution is -0.143. The van der Waals surface area contributed by atoms with Gasteiger partial charge in [0.2, 0.25) is 0 Å². The summed E-state index contributed by atoms with van der Waals surface area (Å²) in [5, 5.41) is 9.54. The number of aliphatic hydroxyl groups excluding tert-OH is 1. The summed E-state index contributed by atoms with van der Waals surface area (Å²) >= 11 is 0. The van der Waals surface area contributed by atoms with Gasteiger partial charge in [0, 0.05) is 26.6 Å². The molecular formula is C16H26O4. The number of hydrogen-bond donors (Lipinski definition) is 1. The van der Waals surface area contributed by atoms with Crippen molar-refractivity contribution >= 4 is 5.97 Å². The zero-order valence-electron chi connectivity index (χ0n) is 12.9. The molecule has 0 aliphatic heterocycles. The van der Waals surface area contributed by atoms with Crippen LogP contribution in [0.5, 0.6) is 0 Å². The Morgan fingerprint density at radius 1 is 1.20 bits per heavy atom. The molecule has 0 bridgehead atoms. The molecule has 0 saturated heterocycles. The van der Waals surface area contributed by atoms with Crippen molar-refractivity contribution in [1.29, 1.82) is 0 Å². The van der Waals surface area contributed by atoms with Gasteiger partial charge in [-0.1, -0.05) is 29.8 Å². The summed E-state index contributed by atoms with van der Waals surface area (Å²) in [4.78, 5) is 10.5. The lowest BCUT2D eigenvalue weighted by Crippen LogP contribution is -2.19. The summed E-state index contributed by atoms with van der Waals surface area (Å²) in [6.45, 7) is 9.07. The molecule has 1 aromatic carbocycles. The minimum Gasteiger partial charge on any atom is -0.463 e. The van der Waals surface area contributed by atoms with Crippen LogP contribution in [0.3, 0.4) is 0 Å². The minimum atomic E-state index is -0.628. The molecule has 1 unspecified atom stereocenters. The van der Waals surface area contributed by atoms with Crippen LogP contribution in [0, 0.1) is 6.92 Å². The fourth-order valence-corrected chi connectivity index (χ4v) is 1.47. The predicted octanol–water partition coefficient (Wildman–Crippen LogP) is 2.50. The highest BCUT2D eigenvalue weighted by Crippen LogP contribution is 2.06. The molecule has 0 aromatic heterocycles. The van der Waals surface area contributed by atoms with E-state index in [1.165, 1.54) is 12.5 Å². The van der Waals surface area contributed by atoms with E-state index in [2.05, 4.69) is 0 Å². The van der Waals surface area contributed by atoms with E-state index in [-0.39, 0.29) is 12.6 Å². The van der Waals surface area contributed by atoms with Crippen LogP contribution in [0.1, 0.15) is 31.9 Å². The summed E-state index contributed by atoms with van der Waals surface area (Å²) in [5.41, 5.74) is 2.23. The lowest BCUT2D eigenvalue weighted by atomic mass is 10.1. The van der Waals surface area contributed by atoms with Gasteiger partial charge >= 0.3 is 5.97 Å². The van der Waals surface area contributed by atoms with E-state index >= 15 is 0 Å². The van der Waals surface area contributed by atoms with Crippen LogP contribution in [-0.4, -0.2) is 37.0 Å². The number of aliphatic hydroxyl groups is 1. The van der Waals surface area contributed by atoms with Gasteiger partial charge in [-0.3, -0.25) is 4.79 Å². The van der Waals surface area contributed by atoms with Gasteiger partial charge in [0.05, 0.1) is 6.10 Å². The van der Waals surface area contributed by atoms with Crippen molar-refractivity contribution in [2.24, 2.45) is 0 Å². The molecule has 0 spiro atoms. The maximum Gasteiger partial charge on any atom is 0.302 e. The van der Waals surface area contributed by atoms with Crippen LogP contribution in [0.25, 0.3) is 0 Å². The zero-order valence-corrected chi connectivity index (χ0v) is 12.9. The molecule has 4 nitrogen and oxygen atoms in total. The van der Waals surface area contributed by atoms with Gasteiger partial charge in [0.25, 0.3) is 0 Å². The third-order valence-electron chi connectivity index (χ3n) is 2.48. The quantitative estimate of drug-likeness (QED) is 0.815. The molecule has 0 radical (unpaired) electrons. The number of carbonyl (C=O) groups excluding carboxylic acids is 1. The maximum atomic E-state index is 10.5. The average molecular weight is 282 g/mol. The Hall–Kier alpha value is -1.39. The van der Waals surface area contributed by atoms with Crippen molar-refractivity contribution in [1.82, 2.24) is 0 Å². The second-order valence-corrected chi connectivity index (χ2v) is 4.43. The highest BCUT2D eigenvalue weighted by molar-refractivity contribution is 5.65.